The van der Waals surface area contributed by atoms with E-state index < -0.39 is 28.5 Å². The van der Waals surface area contributed by atoms with Crippen LogP contribution in [0.15, 0.2) is 42.5 Å². The molecule has 0 radical (unpaired) electrons. The summed E-state index contributed by atoms with van der Waals surface area (Å²) in [6.45, 7) is 3.69. The van der Waals surface area contributed by atoms with Gasteiger partial charge in [0.1, 0.15) is 18.3 Å². The lowest BCUT2D eigenvalue weighted by molar-refractivity contribution is -0.139. The number of hydrogen-bond acceptors (Lipinski definition) is 7. The van der Waals surface area contributed by atoms with Gasteiger partial charge in [0.15, 0.2) is 11.5 Å². The lowest BCUT2D eigenvalue weighted by Gasteiger charge is -2.31. The number of fused-ring (bicyclic) bond motifs is 1. The van der Waals surface area contributed by atoms with Gasteiger partial charge in [-0.25, -0.2) is 8.42 Å². The smallest absolute Gasteiger partial charge is 0.244 e. The van der Waals surface area contributed by atoms with Gasteiger partial charge in [0.05, 0.1) is 19.1 Å². The van der Waals surface area contributed by atoms with Crippen LogP contribution in [0.3, 0.4) is 0 Å². The van der Waals surface area contributed by atoms with Crippen LogP contribution < -0.4 is 23.8 Å². The molecule has 0 aromatic heterocycles. The highest BCUT2D eigenvalue weighted by molar-refractivity contribution is 7.92. The number of amides is 2. The van der Waals surface area contributed by atoms with Crippen LogP contribution in [0.25, 0.3) is 0 Å². The second-order valence-corrected chi connectivity index (χ2v) is 10.1. The molecule has 11 heteroatoms. The van der Waals surface area contributed by atoms with Crippen molar-refractivity contribution in [3.63, 3.8) is 0 Å². The minimum Gasteiger partial charge on any atom is -0.497 e. The first-order valence-electron chi connectivity index (χ1n) is 11.2. The second kappa shape index (κ2) is 11.3. The van der Waals surface area contributed by atoms with Crippen LogP contribution in [0.4, 0.5) is 5.69 Å². The van der Waals surface area contributed by atoms with E-state index in [9.17, 15) is 18.0 Å². The number of rotatable bonds is 11. The Bertz CT molecular complexity index is 1150. The molecule has 0 saturated carbocycles. The Kier molecular flexibility index (Phi) is 8.44. The van der Waals surface area contributed by atoms with Crippen molar-refractivity contribution in [3.05, 3.63) is 48.0 Å². The van der Waals surface area contributed by atoms with Gasteiger partial charge in [-0.2, -0.15) is 0 Å². The number of nitrogens with one attached hydrogen (secondary N) is 1. The summed E-state index contributed by atoms with van der Waals surface area (Å²) in [7, 11) is -2.28. The number of nitrogens with zero attached hydrogens (tertiary/aromatic N) is 2. The van der Waals surface area contributed by atoms with Gasteiger partial charge in [0.25, 0.3) is 0 Å². The highest BCUT2D eigenvalue weighted by atomic mass is 32.2. The molecule has 2 aromatic rings. The number of benzene rings is 2. The average Bonchev–Trinajstić information content (AvgIpc) is 3.31. The van der Waals surface area contributed by atoms with Crippen molar-refractivity contribution >= 4 is 27.5 Å². The summed E-state index contributed by atoms with van der Waals surface area (Å²) < 4.78 is 42.1. The third-order valence-corrected chi connectivity index (χ3v) is 6.69. The van der Waals surface area contributed by atoms with E-state index in [-0.39, 0.29) is 24.9 Å². The van der Waals surface area contributed by atoms with Gasteiger partial charge in [0, 0.05) is 19.2 Å². The molecule has 2 amide bonds. The van der Waals surface area contributed by atoms with E-state index in [2.05, 4.69) is 5.32 Å². The van der Waals surface area contributed by atoms with Crippen molar-refractivity contribution in [1.82, 2.24) is 10.2 Å². The molecule has 1 heterocycles. The third-order valence-electron chi connectivity index (χ3n) is 5.55. The fraction of sp³-hybridized carbons (Fsp3) is 0.417. The molecule has 1 unspecified atom stereocenters. The molecule has 35 heavy (non-hydrogen) atoms. The van der Waals surface area contributed by atoms with Crippen LogP contribution in [0.2, 0.25) is 0 Å². The Morgan fingerprint density at radius 2 is 1.80 bits per heavy atom. The molecule has 1 aliphatic heterocycles. The van der Waals surface area contributed by atoms with Crippen LogP contribution in [0.1, 0.15) is 25.8 Å². The van der Waals surface area contributed by atoms with Gasteiger partial charge < -0.3 is 24.4 Å². The number of carbonyl (C=O) groups is 2. The van der Waals surface area contributed by atoms with E-state index in [1.165, 1.54) is 11.0 Å². The predicted molar refractivity (Wildman–Crippen MR) is 131 cm³/mol. The van der Waals surface area contributed by atoms with Crippen molar-refractivity contribution in [3.8, 4) is 17.2 Å². The number of sulfonamides is 1. The summed E-state index contributed by atoms with van der Waals surface area (Å²) in [5.41, 5.74) is 1.03. The number of hydrogen-bond donors (Lipinski definition) is 1. The molecule has 3 rings (SSSR count). The molecule has 1 aliphatic rings. The summed E-state index contributed by atoms with van der Waals surface area (Å²) in [6, 6.07) is 10.9. The molecule has 0 aliphatic carbocycles. The average molecular weight is 506 g/mol. The van der Waals surface area contributed by atoms with Crippen molar-refractivity contribution in [2.75, 3.05) is 37.6 Å². The Labute approximate surface area is 205 Å². The van der Waals surface area contributed by atoms with E-state index in [0.717, 1.165) is 22.5 Å². The zero-order chi connectivity index (χ0) is 25.6. The van der Waals surface area contributed by atoms with Gasteiger partial charge in [-0.15, -0.1) is 0 Å². The molecule has 0 spiro atoms. The third kappa shape index (κ3) is 6.56. The number of ether oxygens (including phenoxy) is 3. The van der Waals surface area contributed by atoms with Crippen LogP contribution in [-0.4, -0.2) is 64.4 Å². The molecule has 0 bridgehead atoms. The van der Waals surface area contributed by atoms with Crippen molar-refractivity contribution in [2.45, 2.75) is 32.9 Å². The Morgan fingerprint density at radius 1 is 1.11 bits per heavy atom. The van der Waals surface area contributed by atoms with Gasteiger partial charge in [-0.1, -0.05) is 19.1 Å². The number of anilines is 1. The Hall–Kier alpha value is -3.47. The van der Waals surface area contributed by atoms with Gasteiger partial charge >= 0.3 is 0 Å². The quantitative estimate of drug-likeness (QED) is 0.498. The van der Waals surface area contributed by atoms with E-state index in [4.69, 9.17) is 14.2 Å². The first-order valence-corrected chi connectivity index (χ1v) is 13.1. The minimum atomic E-state index is -3.83. The lowest BCUT2D eigenvalue weighted by Crippen LogP contribution is -2.51. The fourth-order valence-electron chi connectivity index (χ4n) is 3.56. The molecule has 1 N–H and O–H groups in total. The van der Waals surface area contributed by atoms with Gasteiger partial charge in [-0.05, 0) is 43.2 Å². The molecule has 0 fully saturated rings. The van der Waals surface area contributed by atoms with E-state index in [1.54, 1.807) is 50.4 Å². The maximum atomic E-state index is 13.5. The highest BCUT2D eigenvalue weighted by Gasteiger charge is 2.30. The minimum absolute atomic E-state index is 0.0383. The zero-order valence-electron chi connectivity index (χ0n) is 20.3. The highest BCUT2D eigenvalue weighted by Crippen LogP contribution is 2.36. The van der Waals surface area contributed by atoms with E-state index >= 15 is 0 Å². The Balaban J connectivity index is 1.89. The van der Waals surface area contributed by atoms with Crippen molar-refractivity contribution in [1.29, 1.82) is 0 Å². The standard InChI is InChI=1S/C24H31N3O7S/c1-5-12-25-24(29)17(2)26(14-18-6-9-20(32-3)10-7-18)23(28)15-27(35(4,30)31)19-8-11-21-22(13-19)34-16-33-21/h6-11,13,17H,5,12,14-16H2,1-4H3,(H,25,29). The number of methoxy groups -OCH3 is 1. The summed E-state index contributed by atoms with van der Waals surface area (Å²) in [5.74, 6) is 0.707. The van der Waals surface area contributed by atoms with E-state index in [1.807, 2.05) is 6.92 Å². The lowest BCUT2D eigenvalue weighted by atomic mass is 10.1. The molecule has 1 atom stereocenters. The normalized spacial score (nSPS) is 13.1. The van der Waals surface area contributed by atoms with Crippen molar-refractivity contribution in [2.24, 2.45) is 0 Å². The largest absolute Gasteiger partial charge is 0.497 e. The molecular weight excluding hydrogens is 474 g/mol. The molecule has 0 saturated heterocycles. The monoisotopic (exact) mass is 505 g/mol. The Morgan fingerprint density at radius 3 is 2.43 bits per heavy atom. The number of carbonyl (C=O) groups excluding carboxylic acids is 2. The summed E-state index contributed by atoms with van der Waals surface area (Å²) >= 11 is 0. The predicted octanol–water partition coefficient (Wildman–Crippen LogP) is 2.13. The first kappa shape index (κ1) is 26.1. The van der Waals surface area contributed by atoms with Crippen molar-refractivity contribution < 1.29 is 32.2 Å². The van der Waals surface area contributed by atoms with Gasteiger partial charge in [0.2, 0.25) is 28.6 Å². The maximum Gasteiger partial charge on any atom is 0.244 e. The summed E-state index contributed by atoms with van der Waals surface area (Å²) in [6.07, 6.45) is 1.77. The van der Waals surface area contributed by atoms with E-state index in [0.29, 0.717) is 23.8 Å². The van der Waals surface area contributed by atoms with Gasteiger partial charge in [-0.3, -0.25) is 13.9 Å². The molecule has 190 valence electrons. The zero-order valence-corrected chi connectivity index (χ0v) is 21.1. The molecule has 10 nitrogen and oxygen atoms in total. The molecular formula is C24H31N3O7S. The second-order valence-electron chi connectivity index (χ2n) is 8.14. The molecule has 2 aromatic carbocycles. The summed E-state index contributed by atoms with van der Waals surface area (Å²) in [4.78, 5) is 27.6. The summed E-state index contributed by atoms with van der Waals surface area (Å²) in [5, 5.41) is 2.80. The van der Waals surface area contributed by atoms with Crippen LogP contribution in [0, 0.1) is 0 Å². The van der Waals surface area contributed by atoms with Crippen LogP contribution in [-0.2, 0) is 26.2 Å². The SMILES string of the molecule is CCCNC(=O)C(C)N(Cc1ccc(OC)cc1)C(=O)CN(c1ccc2c(c1)OCO2)S(C)(=O)=O. The topological polar surface area (TPSA) is 114 Å². The van der Waals surface area contributed by atoms with Crippen LogP contribution in [0.5, 0.6) is 17.2 Å². The maximum absolute atomic E-state index is 13.5. The first-order chi connectivity index (χ1) is 16.6. The fourth-order valence-corrected chi connectivity index (χ4v) is 4.40. The van der Waals surface area contributed by atoms with Crippen LogP contribution >= 0.6 is 0 Å².